The Morgan fingerprint density at radius 1 is 1.88 bits per heavy atom. The van der Waals surface area contributed by atoms with Gasteiger partial charge < -0.3 is 0 Å². The van der Waals surface area contributed by atoms with E-state index in [1.165, 1.54) is 0 Å². The molecule has 1 unspecified atom stereocenters. The Bertz CT molecular complexity index is 156. The van der Waals surface area contributed by atoms with Crippen molar-refractivity contribution in [3.63, 3.8) is 0 Å². The Morgan fingerprint density at radius 3 is 2.62 bits per heavy atom. The van der Waals surface area contributed by atoms with E-state index in [4.69, 9.17) is 11.6 Å². The van der Waals surface area contributed by atoms with E-state index in [-0.39, 0.29) is 5.78 Å². The Morgan fingerprint density at radius 2 is 2.50 bits per heavy atom. The zero-order chi connectivity index (χ0) is 6.15. The van der Waals surface area contributed by atoms with Crippen molar-refractivity contribution in [3.05, 3.63) is 0 Å². The van der Waals surface area contributed by atoms with Gasteiger partial charge in [0.05, 0.1) is 5.71 Å². The average Bonchev–Trinajstić information content (AvgIpc) is 1.98. The molecule has 1 aliphatic heterocycles. The van der Waals surface area contributed by atoms with Crippen LogP contribution in [-0.2, 0) is 4.79 Å². The molecular weight excluding hydrogens is 146 g/mol. The summed E-state index contributed by atoms with van der Waals surface area (Å²) in [6, 6.07) is 0. The van der Waals surface area contributed by atoms with Crippen LogP contribution >= 0.6 is 23.5 Å². The minimum atomic E-state index is -0.463. The van der Waals surface area contributed by atoms with E-state index in [2.05, 4.69) is 4.40 Å². The highest BCUT2D eigenvalue weighted by molar-refractivity contribution is 8.01. The predicted molar refractivity (Wildman–Crippen MR) is 35.3 cm³/mol. The Hall–Kier alpha value is -0.0200. The summed E-state index contributed by atoms with van der Waals surface area (Å²) in [6.45, 7) is 1.66. The van der Waals surface area contributed by atoms with Crippen LogP contribution in [0.5, 0.6) is 0 Å². The molecule has 0 bridgehead atoms. The van der Waals surface area contributed by atoms with Crippen molar-refractivity contribution in [2.75, 3.05) is 0 Å². The fraction of sp³-hybridized carbons (Fsp3) is 0.500. The first kappa shape index (κ1) is 6.11. The molecule has 0 aromatic carbocycles. The van der Waals surface area contributed by atoms with Crippen LogP contribution < -0.4 is 0 Å². The molecule has 0 aromatic heterocycles. The number of nitrogens with zero attached hydrogens (tertiary/aromatic N) is 1. The van der Waals surface area contributed by atoms with E-state index < -0.39 is 4.71 Å². The number of carbonyl (C=O) groups is 1. The molecule has 1 atom stereocenters. The van der Waals surface area contributed by atoms with Crippen molar-refractivity contribution >= 4 is 35.0 Å². The normalized spacial score (nSPS) is 28.5. The molecule has 0 aliphatic carbocycles. The molecule has 0 spiro atoms. The number of Topliss-reactive ketones (excluding diaryl/α,β-unsaturated/α-hetero) is 1. The second kappa shape index (κ2) is 2.07. The van der Waals surface area contributed by atoms with E-state index in [0.29, 0.717) is 5.71 Å². The van der Waals surface area contributed by atoms with Gasteiger partial charge in [-0.1, -0.05) is 0 Å². The lowest BCUT2D eigenvalue weighted by Crippen LogP contribution is -2.12. The standard InChI is InChI=1S/C4H4ClNOS/c1-2-3(7)4(5)8-6-2/h4H,1H3. The lowest BCUT2D eigenvalue weighted by molar-refractivity contribution is -0.111. The van der Waals surface area contributed by atoms with Crippen LogP contribution in [0.1, 0.15) is 6.92 Å². The van der Waals surface area contributed by atoms with E-state index in [1.54, 1.807) is 6.92 Å². The van der Waals surface area contributed by atoms with Crippen molar-refractivity contribution in [1.29, 1.82) is 0 Å². The van der Waals surface area contributed by atoms with Crippen molar-refractivity contribution in [1.82, 2.24) is 0 Å². The van der Waals surface area contributed by atoms with Gasteiger partial charge in [0.1, 0.15) is 0 Å². The van der Waals surface area contributed by atoms with Gasteiger partial charge in [-0.25, -0.2) is 4.40 Å². The van der Waals surface area contributed by atoms with Crippen molar-refractivity contribution < 1.29 is 4.79 Å². The van der Waals surface area contributed by atoms with E-state index >= 15 is 0 Å². The van der Waals surface area contributed by atoms with Crippen LogP contribution in [0.2, 0.25) is 0 Å². The van der Waals surface area contributed by atoms with Crippen LogP contribution in [0.25, 0.3) is 0 Å². The highest BCUT2D eigenvalue weighted by atomic mass is 35.5. The molecule has 0 aromatic rings. The maximum absolute atomic E-state index is 10.6. The van der Waals surface area contributed by atoms with Gasteiger partial charge in [-0.15, -0.1) is 11.6 Å². The third kappa shape index (κ3) is 0.880. The fourth-order valence-electron chi connectivity index (χ4n) is 0.382. The molecule has 0 radical (unpaired) electrons. The number of alkyl halides is 1. The first-order valence-electron chi connectivity index (χ1n) is 2.10. The highest BCUT2D eigenvalue weighted by Gasteiger charge is 2.24. The van der Waals surface area contributed by atoms with Gasteiger partial charge in [-0.3, -0.25) is 4.79 Å². The van der Waals surface area contributed by atoms with E-state index in [9.17, 15) is 4.79 Å². The zero-order valence-electron chi connectivity index (χ0n) is 4.22. The maximum atomic E-state index is 10.6. The molecule has 4 heteroatoms. The number of ketones is 1. The largest absolute Gasteiger partial charge is 0.290 e. The topological polar surface area (TPSA) is 29.4 Å². The monoisotopic (exact) mass is 149 g/mol. The minimum absolute atomic E-state index is 0.0586. The van der Waals surface area contributed by atoms with Gasteiger partial charge in [0.15, 0.2) is 4.71 Å². The van der Waals surface area contributed by atoms with E-state index in [0.717, 1.165) is 11.9 Å². The number of hydrogen-bond donors (Lipinski definition) is 0. The summed E-state index contributed by atoms with van der Waals surface area (Å²) in [5.41, 5.74) is 0.523. The van der Waals surface area contributed by atoms with Crippen LogP contribution in [0.4, 0.5) is 0 Å². The second-order valence-electron chi connectivity index (χ2n) is 1.46. The first-order valence-corrected chi connectivity index (χ1v) is 3.38. The summed E-state index contributed by atoms with van der Waals surface area (Å²) in [5.74, 6) is -0.0586. The molecule has 0 saturated carbocycles. The maximum Gasteiger partial charge on any atom is 0.207 e. The number of rotatable bonds is 0. The molecular formula is C4H4ClNOS. The summed E-state index contributed by atoms with van der Waals surface area (Å²) in [5, 5.41) is 0. The van der Waals surface area contributed by atoms with Gasteiger partial charge in [-0.05, 0) is 6.92 Å². The quantitative estimate of drug-likeness (QED) is 0.383. The Kier molecular flexibility index (Phi) is 1.58. The Labute approximate surface area is 56.4 Å². The van der Waals surface area contributed by atoms with Gasteiger partial charge in [0, 0.05) is 11.9 Å². The molecule has 2 nitrogen and oxygen atoms in total. The van der Waals surface area contributed by atoms with Gasteiger partial charge >= 0.3 is 0 Å². The van der Waals surface area contributed by atoms with E-state index in [1.807, 2.05) is 0 Å². The van der Waals surface area contributed by atoms with Gasteiger partial charge in [0.2, 0.25) is 5.78 Å². The fourth-order valence-corrected chi connectivity index (χ4v) is 1.27. The second-order valence-corrected chi connectivity index (χ2v) is 3.02. The summed E-state index contributed by atoms with van der Waals surface area (Å²) < 4.78 is 3.29. The van der Waals surface area contributed by atoms with Gasteiger partial charge in [0.25, 0.3) is 0 Å². The van der Waals surface area contributed by atoms with Crippen molar-refractivity contribution in [2.24, 2.45) is 4.40 Å². The van der Waals surface area contributed by atoms with Crippen molar-refractivity contribution in [2.45, 2.75) is 11.6 Å². The summed E-state index contributed by atoms with van der Waals surface area (Å²) in [6.07, 6.45) is 0. The zero-order valence-corrected chi connectivity index (χ0v) is 5.79. The molecule has 0 amide bonds. The number of carbonyl (C=O) groups excluding carboxylic acids is 1. The molecule has 8 heavy (non-hydrogen) atoms. The first-order chi connectivity index (χ1) is 3.72. The van der Waals surface area contributed by atoms with Crippen molar-refractivity contribution in [3.8, 4) is 0 Å². The molecule has 1 rings (SSSR count). The van der Waals surface area contributed by atoms with Crippen LogP contribution in [-0.4, -0.2) is 16.2 Å². The lowest BCUT2D eigenvalue weighted by Gasteiger charge is -1.88. The Balaban J connectivity index is 2.73. The summed E-state index contributed by atoms with van der Waals surface area (Å²) in [4.78, 5) is 10.6. The average molecular weight is 150 g/mol. The predicted octanol–water partition coefficient (Wildman–Crippen LogP) is 1.24. The molecule has 0 saturated heterocycles. The SMILES string of the molecule is CC1=NSC(Cl)C1=O. The lowest BCUT2D eigenvalue weighted by atomic mass is 10.3. The molecule has 1 heterocycles. The number of halogens is 1. The molecule has 1 aliphatic rings. The number of hydrogen-bond acceptors (Lipinski definition) is 3. The summed E-state index contributed by atoms with van der Waals surface area (Å²) in [7, 11) is 0. The third-order valence-corrected chi connectivity index (χ3v) is 2.06. The van der Waals surface area contributed by atoms with Crippen LogP contribution in [0.3, 0.4) is 0 Å². The molecule has 0 fully saturated rings. The molecule has 0 N–H and O–H groups in total. The molecule has 44 valence electrons. The highest BCUT2D eigenvalue weighted by Crippen LogP contribution is 2.24. The van der Waals surface area contributed by atoms with Crippen LogP contribution in [0, 0.1) is 0 Å². The third-order valence-electron chi connectivity index (χ3n) is 0.845. The minimum Gasteiger partial charge on any atom is -0.290 e. The smallest absolute Gasteiger partial charge is 0.207 e. The van der Waals surface area contributed by atoms with Gasteiger partial charge in [-0.2, -0.15) is 0 Å². The summed E-state index contributed by atoms with van der Waals surface area (Å²) >= 11 is 6.57. The van der Waals surface area contributed by atoms with Crippen LogP contribution in [0.15, 0.2) is 4.40 Å².